The van der Waals surface area contributed by atoms with Crippen LogP contribution in [0.3, 0.4) is 0 Å². The van der Waals surface area contributed by atoms with E-state index in [9.17, 15) is 13.2 Å². The Labute approximate surface area is 189 Å². The first-order chi connectivity index (χ1) is 15.0. The van der Waals surface area contributed by atoms with Crippen molar-refractivity contribution in [2.75, 3.05) is 37.4 Å². The number of nitrogens with two attached hydrogens (primary N) is 1. The minimum atomic E-state index is -4.19. The zero-order chi connectivity index (χ0) is 23.5. The van der Waals surface area contributed by atoms with Crippen molar-refractivity contribution in [1.29, 1.82) is 0 Å². The Balaban J connectivity index is 1.92. The molecule has 0 saturated carbocycles. The van der Waals surface area contributed by atoms with Crippen LogP contribution in [-0.4, -0.2) is 51.1 Å². The van der Waals surface area contributed by atoms with E-state index in [1.54, 1.807) is 19.2 Å². The van der Waals surface area contributed by atoms with Gasteiger partial charge >= 0.3 is 0 Å². The summed E-state index contributed by atoms with van der Waals surface area (Å²) in [6.07, 6.45) is 1.81. The van der Waals surface area contributed by atoms with Crippen molar-refractivity contribution in [3.05, 3.63) is 41.6 Å². The van der Waals surface area contributed by atoms with Crippen molar-refractivity contribution in [3.63, 3.8) is 0 Å². The van der Waals surface area contributed by atoms with E-state index in [0.29, 0.717) is 31.4 Å². The van der Waals surface area contributed by atoms with Crippen LogP contribution >= 0.6 is 0 Å². The highest BCUT2D eigenvalue weighted by molar-refractivity contribution is 7.90. The Morgan fingerprint density at radius 3 is 2.47 bits per heavy atom. The second-order valence-corrected chi connectivity index (χ2v) is 10.7. The maximum atomic E-state index is 13.1. The largest absolute Gasteiger partial charge is 0.384 e. The van der Waals surface area contributed by atoms with E-state index in [1.807, 2.05) is 25.7 Å². The number of nitrogens with zero attached hydrogens (tertiary/aromatic N) is 3. The lowest BCUT2D eigenvalue weighted by atomic mass is 9.91. The van der Waals surface area contributed by atoms with Gasteiger partial charge in [0.05, 0.1) is 5.56 Å². The molecule has 0 unspecified atom stereocenters. The number of nitrogens with one attached hydrogen (secondary N) is 1. The smallest absolute Gasteiger partial charge is 0.281 e. The molecule has 10 heteroatoms. The monoisotopic (exact) mass is 461 g/mol. The first kappa shape index (κ1) is 23.9. The summed E-state index contributed by atoms with van der Waals surface area (Å²) < 4.78 is 32.8. The van der Waals surface area contributed by atoms with Gasteiger partial charge in [-0.25, -0.2) is 14.7 Å². The van der Waals surface area contributed by atoms with E-state index >= 15 is 0 Å². The summed E-state index contributed by atoms with van der Waals surface area (Å²) >= 11 is 0. The summed E-state index contributed by atoms with van der Waals surface area (Å²) in [6.45, 7) is 8.23. The lowest BCUT2D eigenvalue weighted by Crippen LogP contribution is -2.38. The van der Waals surface area contributed by atoms with Gasteiger partial charge in [-0.3, -0.25) is 4.79 Å². The molecule has 9 nitrogen and oxygen atoms in total. The molecule has 1 saturated heterocycles. The molecule has 0 atom stereocenters. The number of hydrogen-bond donors (Lipinski definition) is 2. The molecule has 2 aromatic rings. The third-order valence-electron chi connectivity index (χ3n) is 5.45. The zero-order valence-electron chi connectivity index (χ0n) is 19.0. The van der Waals surface area contributed by atoms with E-state index in [4.69, 9.17) is 15.5 Å². The molecule has 0 aromatic carbocycles. The van der Waals surface area contributed by atoms with Gasteiger partial charge in [-0.05, 0) is 43.0 Å². The Hall–Kier alpha value is -2.72. The average molecular weight is 462 g/mol. The topological polar surface area (TPSA) is 128 Å². The number of nitrogen functional groups attached to an aromatic ring is 1. The van der Waals surface area contributed by atoms with E-state index in [1.165, 1.54) is 18.2 Å². The van der Waals surface area contributed by atoms with Crippen molar-refractivity contribution in [1.82, 2.24) is 14.7 Å². The second kappa shape index (κ2) is 9.41. The van der Waals surface area contributed by atoms with Gasteiger partial charge in [-0.15, -0.1) is 0 Å². The fourth-order valence-corrected chi connectivity index (χ4v) is 4.58. The predicted octanol–water partition coefficient (Wildman–Crippen LogP) is 2.34. The summed E-state index contributed by atoms with van der Waals surface area (Å²) in [5, 5.41) is -0.313. The van der Waals surface area contributed by atoms with Crippen LogP contribution in [0.1, 0.15) is 49.7 Å². The van der Waals surface area contributed by atoms with Gasteiger partial charge in [-0.1, -0.05) is 26.8 Å². The number of piperidine rings is 1. The van der Waals surface area contributed by atoms with Crippen molar-refractivity contribution < 1.29 is 17.9 Å². The van der Waals surface area contributed by atoms with E-state index in [-0.39, 0.29) is 21.8 Å². The molecule has 32 heavy (non-hydrogen) atoms. The van der Waals surface area contributed by atoms with Gasteiger partial charge in [0.2, 0.25) is 0 Å². The Bertz CT molecular complexity index is 1070. The number of ether oxygens (including phenoxy) is 1. The highest BCUT2D eigenvalue weighted by Crippen LogP contribution is 2.29. The molecule has 0 aliphatic carbocycles. The first-order valence-electron chi connectivity index (χ1n) is 10.6. The number of rotatable bonds is 6. The molecule has 1 fully saturated rings. The molecule has 0 radical (unpaired) electrons. The van der Waals surface area contributed by atoms with Gasteiger partial charge < -0.3 is 15.4 Å². The molecule has 174 valence electrons. The summed E-state index contributed by atoms with van der Waals surface area (Å²) in [5.41, 5.74) is 6.40. The number of pyridine rings is 2. The zero-order valence-corrected chi connectivity index (χ0v) is 19.8. The van der Waals surface area contributed by atoms with E-state index < -0.39 is 15.9 Å². The van der Waals surface area contributed by atoms with Crippen molar-refractivity contribution in [2.24, 2.45) is 5.92 Å². The molecule has 3 rings (SSSR count). The third kappa shape index (κ3) is 5.55. The number of anilines is 2. The molecular formula is C22H31N5O4S. The number of carbonyl (C=O) groups excluding carboxylic acids is 1. The minimum Gasteiger partial charge on any atom is -0.384 e. The molecule has 2 aromatic heterocycles. The lowest BCUT2D eigenvalue weighted by molar-refractivity contribution is 0.0981. The first-order valence-corrected chi connectivity index (χ1v) is 12.0. The van der Waals surface area contributed by atoms with Crippen molar-refractivity contribution in [3.8, 4) is 0 Å². The highest BCUT2D eigenvalue weighted by atomic mass is 32.2. The van der Waals surface area contributed by atoms with Gasteiger partial charge in [0.15, 0.2) is 5.03 Å². The van der Waals surface area contributed by atoms with Crippen LogP contribution in [0.2, 0.25) is 0 Å². The fourth-order valence-electron chi connectivity index (χ4n) is 3.64. The lowest BCUT2D eigenvalue weighted by Gasteiger charge is -2.34. The number of hydrogen-bond acceptors (Lipinski definition) is 8. The van der Waals surface area contributed by atoms with Crippen LogP contribution in [-0.2, 0) is 20.2 Å². The summed E-state index contributed by atoms with van der Waals surface area (Å²) in [7, 11) is -2.49. The van der Waals surface area contributed by atoms with Crippen LogP contribution in [0.25, 0.3) is 0 Å². The van der Waals surface area contributed by atoms with Gasteiger partial charge in [0.25, 0.3) is 15.9 Å². The molecular weight excluding hydrogens is 430 g/mol. The number of methoxy groups -OCH3 is 1. The maximum absolute atomic E-state index is 13.1. The Morgan fingerprint density at radius 2 is 1.88 bits per heavy atom. The standard InChI is InChI=1S/C22H31N5O4S/c1-22(2,3)17-9-8-16(20(24-17)27-12-10-15(11-13-27)14-31-4)21(28)26-32(29,30)19-7-5-6-18(23)25-19/h5-9,15H,10-14H2,1-4H3,(H2,23,25)(H,26,28). The predicted molar refractivity (Wildman–Crippen MR) is 123 cm³/mol. The summed E-state index contributed by atoms with van der Waals surface area (Å²) in [4.78, 5) is 23.7. The Morgan fingerprint density at radius 1 is 1.19 bits per heavy atom. The van der Waals surface area contributed by atoms with Crippen LogP contribution in [0.4, 0.5) is 11.6 Å². The molecule has 1 amide bonds. The number of amides is 1. The molecule has 3 N–H and O–H groups in total. The van der Waals surface area contributed by atoms with Crippen LogP contribution in [0.15, 0.2) is 35.4 Å². The van der Waals surface area contributed by atoms with Crippen LogP contribution < -0.4 is 15.4 Å². The molecule has 0 bridgehead atoms. The minimum absolute atomic E-state index is 0.0520. The van der Waals surface area contributed by atoms with Crippen molar-refractivity contribution in [2.45, 2.75) is 44.1 Å². The van der Waals surface area contributed by atoms with E-state index in [2.05, 4.69) is 9.71 Å². The molecule has 1 aliphatic heterocycles. The van der Waals surface area contributed by atoms with Gasteiger partial charge in [-0.2, -0.15) is 8.42 Å². The normalized spacial score (nSPS) is 15.6. The molecule has 3 heterocycles. The second-order valence-electron chi connectivity index (χ2n) is 9.04. The quantitative estimate of drug-likeness (QED) is 0.671. The average Bonchev–Trinajstić information content (AvgIpc) is 2.73. The van der Waals surface area contributed by atoms with Crippen molar-refractivity contribution >= 4 is 27.6 Å². The van der Waals surface area contributed by atoms with Crippen LogP contribution in [0, 0.1) is 5.92 Å². The van der Waals surface area contributed by atoms with Gasteiger partial charge in [0.1, 0.15) is 11.6 Å². The fraction of sp³-hybridized carbons (Fsp3) is 0.500. The summed E-state index contributed by atoms with van der Waals surface area (Å²) in [6, 6.07) is 7.63. The number of aromatic nitrogens is 2. The highest BCUT2D eigenvalue weighted by Gasteiger charge is 2.28. The third-order valence-corrected chi connectivity index (χ3v) is 6.68. The Kier molecular flexibility index (Phi) is 7.04. The number of sulfonamides is 1. The SMILES string of the molecule is COCC1CCN(c2nc(C(C)(C)C)ccc2C(=O)NS(=O)(=O)c2cccc(N)n2)CC1. The van der Waals surface area contributed by atoms with E-state index in [0.717, 1.165) is 18.5 Å². The summed E-state index contributed by atoms with van der Waals surface area (Å²) in [5.74, 6) is 0.239. The number of carbonyl (C=O) groups is 1. The van der Waals surface area contributed by atoms with Crippen LogP contribution in [0.5, 0.6) is 0 Å². The maximum Gasteiger partial charge on any atom is 0.281 e. The van der Waals surface area contributed by atoms with Gasteiger partial charge in [0, 0.05) is 37.9 Å². The molecule has 0 spiro atoms. The molecule has 1 aliphatic rings.